The molecule has 0 radical (unpaired) electrons. The van der Waals surface area contributed by atoms with E-state index in [1.165, 1.54) is 36.7 Å². The molecule has 2 aromatic carbocycles. The zero-order valence-electron chi connectivity index (χ0n) is 29.1. The van der Waals surface area contributed by atoms with Gasteiger partial charge in [0.15, 0.2) is 5.78 Å². The van der Waals surface area contributed by atoms with Gasteiger partial charge < -0.3 is 39.2 Å². The molecule has 0 aliphatic rings. The number of aryl methyl sites for hydroxylation is 1. The first kappa shape index (κ1) is 42.4. The van der Waals surface area contributed by atoms with Crippen molar-refractivity contribution in [3.63, 3.8) is 0 Å². The van der Waals surface area contributed by atoms with E-state index in [-0.39, 0.29) is 87.8 Å². The lowest BCUT2D eigenvalue weighted by Gasteiger charge is -2.10. The highest BCUT2D eigenvalue weighted by molar-refractivity contribution is 7.92. The van der Waals surface area contributed by atoms with E-state index in [9.17, 15) is 27.6 Å². The van der Waals surface area contributed by atoms with Gasteiger partial charge >= 0.3 is 11.9 Å². The second kappa shape index (κ2) is 23.5. The van der Waals surface area contributed by atoms with Crippen LogP contribution in [-0.4, -0.2) is 118 Å². The number of carbonyl (C=O) groups is 4. The molecule has 3 aromatic rings. The van der Waals surface area contributed by atoms with Crippen LogP contribution in [-0.2, 0) is 56.2 Å². The summed E-state index contributed by atoms with van der Waals surface area (Å²) in [5.41, 5.74) is 2.08. The Morgan fingerprint density at radius 3 is 1.91 bits per heavy atom. The summed E-state index contributed by atoms with van der Waals surface area (Å²) < 4.78 is 54.5. The molecule has 0 aliphatic heterocycles. The number of hydrogen-bond acceptors (Lipinski definition) is 13. The normalized spacial score (nSPS) is 11.2. The van der Waals surface area contributed by atoms with Crippen LogP contribution in [0.15, 0.2) is 65.8 Å². The fourth-order valence-corrected chi connectivity index (χ4v) is 5.33. The van der Waals surface area contributed by atoms with Crippen LogP contribution in [0.3, 0.4) is 0 Å². The van der Waals surface area contributed by atoms with Crippen molar-refractivity contribution in [1.29, 1.82) is 0 Å². The number of aromatic nitrogens is 2. The van der Waals surface area contributed by atoms with Crippen molar-refractivity contribution in [2.75, 3.05) is 70.7 Å². The maximum atomic E-state index is 12.8. The summed E-state index contributed by atoms with van der Waals surface area (Å²) in [5.74, 6) is -2.19. The first-order chi connectivity index (χ1) is 25.5. The summed E-state index contributed by atoms with van der Waals surface area (Å²) in [7, 11) is -4.02. The van der Waals surface area contributed by atoms with E-state index >= 15 is 0 Å². The maximum absolute atomic E-state index is 12.8. The van der Waals surface area contributed by atoms with Crippen molar-refractivity contribution in [3.05, 3.63) is 77.6 Å². The predicted octanol–water partition coefficient (Wildman–Crippen LogP) is 2.15. The summed E-state index contributed by atoms with van der Waals surface area (Å²) in [4.78, 5) is 53.1. The van der Waals surface area contributed by atoms with Crippen LogP contribution in [0.5, 0.6) is 5.75 Å². The monoisotopic (exact) mass is 760 g/mol. The first-order valence-corrected chi connectivity index (χ1v) is 18.2. The number of Topliss-reactive ketones (excluding diaryl/α,β-unsaturated/α-hetero) is 1. The van der Waals surface area contributed by atoms with E-state index < -0.39 is 27.9 Å². The van der Waals surface area contributed by atoms with E-state index in [4.69, 9.17) is 33.9 Å². The number of rotatable bonds is 28. The quantitative estimate of drug-likeness (QED) is 0.0776. The van der Waals surface area contributed by atoms with Crippen LogP contribution in [0.2, 0.25) is 0 Å². The number of anilines is 1. The number of carboxylic acid groups (broad SMARTS) is 2. The Morgan fingerprint density at radius 2 is 1.26 bits per heavy atom. The number of hydrogen-bond donors (Lipinski definition) is 4. The van der Waals surface area contributed by atoms with Crippen molar-refractivity contribution in [2.24, 2.45) is 0 Å². The summed E-state index contributed by atoms with van der Waals surface area (Å²) >= 11 is 0. The summed E-state index contributed by atoms with van der Waals surface area (Å²) in [6.07, 6.45) is 4.32. The molecule has 53 heavy (non-hydrogen) atoms. The number of carbonyl (C=O) groups excluding carboxylic acids is 2. The highest BCUT2D eigenvalue weighted by Crippen LogP contribution is 2.18. The van der Waals surface area contributed by atoms with Gasteiger partial charge in [-0.3, -0.25) is 14.4 Å². The lowest BCUT2D eigenvalue weighted by atomic mass is 10.1. The summed E-state index contributed by atoms with van der Waals surface area (Å²) in [6, 6.07) is 13.5. The van der Waals surface area contributed by atoms with Crippen LogP contribution in [0, 0.1) is 0 Å². The van der Waals surface area contributed by atoms with Crippen molar-refractivity contribution in [2.45, 2.75) is 37.0 Å². The van der Waals surface area contributed by atoms with Gasteiger partial charge in [-0.1, -0.05) is 24.3 Å². The Bertz CT molecular complexity index is 1690. The zero-order chi connectivity index (χ0) is 38.3. The van der Waals surface area contributed by atoms with E-state index in [1.807, 2.05) is 24.3 Å². The SMILES string of the molecule is O=C(O)CCc1ccc(CCOc2ccc(S(=O)(=O)Nc3ncc(C(=O)NCCOCCOCC(=O)CCCOCCOCC(=O)O)cn3)cc2)cc1. The highest BCUT2D eigenvalue weighted by Gasteiger charge is 2.17. The molecular formula is C35H44N4O13S. The van der Waals surface area contributed by atoms with Gasteiger partial charge in [-0.15, -0.1) is 0 Å². The van der Waals surface area contributed by atoms with Gasteiger partial charge in [-0.2, -0.15) is 0 Å². The molecule has 1 aromatic heterocycles. The van der Waals surface area contributed by atoms with Crippen LogP contribution in [0.4, 0.5) is 5.95 Å². The number of benzene rings is 2. The van der Waals surface area contributed by atoms with Gasteiger partial charge in [0.25, 0.3) is 15.9 Å². The fraction of sp³-hybridized carbons (Fsp3) is 0.429. The standard InChI is InChI=1S/C35H44N4O13S/c40-29(2-1-15-48-18-21-51-25-33(43)44)24-50-20-19-49-17-14-36-34(45)28-22-37-35(38-23-28)39-53(46,47)31-10-8-30(9-11-31)52-16-13-27-5-3-26(4-6-27)7-12-32(41)42/h3-6,8-11,22-23H,1-2,7,12-21,24-25H2,(H,36,45)(H,41,42)(H,43,44)(H,37,38,39). The molecule has 0 bridgehead atoms. The molecule has 0 fully saturated rings. The van der Waals surface area contributed by atoms with Crippen LogP contribution < -0.4 is 14.8 Å². The summed E-state index contributed by atoms with van der Waals surface area (Å²) in [6.45, 7) is 1.44. The van der Waals surface area contributed by atoms with Gasteiger partial charge in [-0.05, 0) is 48.2 Å². The van der Waals surface area contributed by atoms with E-state index in [2.05, 4.69) is 20.0 Å². The van der Waals surface area contributed by atoms with Crippen LogP contribution >= 0.6 is 0 Å². The number of ketones is 1. The molecule has 0 saturated carbocycles. The molecule has 17 nitrogen and oxygen atoms in total. The van der Waals surface area contributed by atoms with Crippen molar-refractivity contribution >= 4 is 39.6 Å². The van der Waals surface area contributed by atoms with Crippen molar-refractivity contribution in [1.82, 2.24) is 15.3 Å². The number of ether oxygens (including phenoxy) is 5. The average molecular weight is 761 g/mol. The molecule has 0 spiro atoms. The molecular weight excluding hydrogens is 716 g/mol. The Morgan fingerprint density at radius 1 is 0.660 bits per heavy atom. The van der Waals surface area contributed by atoms with Gasteiger partial charge in [0.2, 0.25) is 5.95 Å². The third-order valence-electron chi connectivity index (χ3n) is 7.09. The summed E-state index contributed by atoms with van der Waals surface area (Å²) in [5, 5.41) is 19.9. The molecule has 0 aliphatic carbocycles. The minimum absolute atomic E-state index is 0.0368. The van der Waals surface area contributed by atoms with Crippen molar-refractivity contribution in [3.8, 4) is 5.75 Å². The Balaban J connectivity index is 1.25. The minimum atomic E-state index is -4.02. The Hall–Kier alpha value is -5.01. The second-order valence-electron chi connectivity index (χ2n) is 11.3. The number of nitrogens with zero attached hydrogens (tertiary/aromatic N) is 2. The number of aliphatic carboxylic acids is 2. The molecule has 1 heterocycles. The molecule has 288 valence electrons. The molecule has 4 N–H and O–H groups in total. The first-order valence-electron chi connectivity index (χ1n) is 16.7. The van der Waals surface area contributed by atoms with Gasteiger partial charge in [0, 0.05) is 44.8 Å². The topological polar surface area (TPSA) is 239 Å². The lowest BCUT2D eigenvalue weighted by Crippen LogP contribution is -2.28. The number of sulfonamides is 1. The second-order valence-corrected chi connectivity index (χ2v) is 13.0. The Labute approximate surface area is 307 Å². The molecule has 0 unspecified atom stereocenters. The largest absolute Gasteiger partial charge is 0.493 e. The molecule has 1 amide bonds. The van der Waals surface area contributed by atoms with Gasteiger partial charge in [0.05, 0.1) is 50.1 Å². The number of carboxylic acids is 2. The van der Waals surface area contributed by atoms with Gasteiger partial charge in [-0.25, -0.2) is 27.9 Å². The number of amides is 1. The molecule has 3 rings (SSSR count). The third-order valence-corrected chi connectivity index (χ3v) is 8.44. The fourth-order valence-electron chi connectivity index (χ4n) is 4.37. The van der Waals surface area contributed by atoms with E-state index in [1.54, 1.807) is 0 Å². The highest BCUT2D eigenvalue weighted by atomic mass is 32.2. The zero-order valence-corrected chi connectivity index (χ0v) is 29.9. The average Bonchev–Trinajstić information content (AvgIpc) is 3.13. The molecule has 0 atom stereocenters. The van der Waals surface area contributed by atoms with Crippen LogP contribution in [0.25, 0.3) is 0 Å². The van der Waals surface area contributed by atoms with Crippen molar-refractivity contribution < 1.29 is 61.5 Å². The van der Waals surface area contributed by atoms with E-state index in [0.717, 1.165) is 11.1 Å². The molecule has 18 heteroatoms. The smallest absolute Gasteiger partial charge is 0.329 e. The predicted molar refractivity (Wildman–Crippen MR) is 188 cm³/mol. The maximum Gasteiger partial charge on any atom is 0.329 e. The van der Waals surface area contributed by atoms with E-state index in [0.29, 0.717) is 38.2 Å². The molecule has 0 saturated heterocycles. The van der Waals surface area contributed by atoms with Crippen LogP contribution in [0.1, 0.15) is 40.7 Å². The minimum Gasteiger partial charge on any atom is -0.493 e. The number of nitrogens with one attached hydrogen (secondary N) is 2. The third kappa shape index (κ3) is 17.9. The Kier molecular flexibility index (Phi) is 18.8. The van der Waals surface area contributed by atoms with Gasteiger partial charge in [0.1, 0.15) is 19.0 Å². The lowest BCUT2D eigenvalue weighted by molar-refractivity contribution is -0.142.